The van der Waals surface area contributed by atoms with Crippen LogP contribution in [0.2, 0.25) is 0 Å². The number of carbonyl (C=O) groups is 1. The van der Waals surface area contributed by atoms with Crippen LogP contribution >= 0.6 is 0 Å². The van der Waals surface area contributed by atoms with Crippen LogP contribution in [0.5, 0.6) is 0 Å². The predicted molar refractivity (Wildman–Crippen MR) is 79.2 cm³/mol. The lowest BCUT2D eigenvalue weighted by Gasteiger charge is -2.09. The number of aromatic nitrogens is 3. The zero-order valence-electron chi connectivity index (χ0n) is 11.4. The molecule has 3 rings (SSSR count). The van der Waals surface area contributed by atoms with Gasteiger partial charge in [0, 0.05) is 24.8 Å². The smallest absolute Gasteiger partial charge is 0.336 e. The second kappa shape index (κ2) is 5.24. The van der Waals surface area contributed by atoms with Crippen molar-refractivity contribution in [3.05, 3.63) is 54.1 Å². The molecule has 2 heterocycles. The Morgan fingerprint density at radius 1 is 1.38 bits per heavy atom. The first-order chi connectivity index (χ1) is 10.1. The summed E-state index contributed by atoms with van der Waals surface area (Å²) in [5.74, 6) is 0.407. The third kappa shape index (κ3) is 2.55. The Labute approximate surface area is 121 Å². The van der Waals surface area contributed by atoms with Crippen LogP contribution in [0.4, 0.5) is 5.82 Å². The number of para-hydroxylation sites is 1. The van der Waals surface area contributed by atoms with Crippen molar-refractivity contribution in [2.75, 3.05) is 5.32 Å². The average Bonchev–Trinajstić information content (AvgIpc) is 2.89. The topological polar surface area (TPSA) is 80.0 Å². The van der Waals surface area contributed by atoms with E-state index in [1.54, 1.807) is 30.5 Å². The minimum Gasteiger partial charge on any atom is -0.478 e. The largest absolute Gasteiger partial charge is 0.478 e. The Bertz CT molecular complexity index is 810. The highest BCUT2D eigenvalue weighted by molar-refractivity contribution is 6.03. The maximum absolute atomic E-state index is 11.4. The molecule has 21 heavy (non-hydrogen) atoms. The molecule has 0 saturated heterocycles. The summed E-state index contributed by atoms with van der Waals surface area (Å²) in [5, 5.41) is 13.1. The van der Waals surface area contributed by atoms with Crippen LogP contribution in [-0.2, 0) is 13.6 Å². The van der Waals surface area contributed by atoms with Crippen molar-refractivity contribution >= 4 is 22.7 Å². The molecule has 0 radical (unpaired) electrons. The summed E-state index contributed by atoms with van der Waals surface area (Å²) in [6.45, 7) is 0.480. The molecule has 6 nitrogen and oxygen atoms in total. The van der Waals surface area contributed by atoms with E-state index in [-0.39, 0.29) is 5.56 Å². The lowest BCUT2D eigenvalue weighted by Crippen LogP contribution is -2.08. The highest BCUT2D eigenvalue weighted by Crippen LogP contribution is 2.21. The van der Waals surface area contributed by atoms with Gasteiger partial charge in [0.05, 0.1) is 17.6 Å². The number of fused-ring (bicyclic) bond motifs is 1. The van der Waals surface area contributed by atoms with Gasteiger partial charge in [0.15, 0.2) is 0 Å². The highest BCUT2D eigenvalue weighted by atomic mass is 16.4. The van der Waals surface area contributed by atoms with Crippen LogP contribution < -0.4 is 5.32 Å². The zero-order valence-corrected chi connectivity index (χ0v) is 11.4. The van der Waals surface area contributed by atoms with E-state index in [2.05, 4.69) is 15.3 Å². The van der Waals surface area contributed by atoms with E-state index in [0.717, 1.165) is 5.82 Å². The number of nitrogens with zero attached hydrogens (tertiary/aromatic N) is 3. The number of hydrogen-bond donors (Lipinski definition) is 2. The third-order valence-electron chi connectivity index (χ3n) is 3.30. The number of anilines is 1. The van der Waals surface area contributed by atoms with Gasteiger partial charge in [-0.05, 0) is 12.1 Å². The molecule has 0 aliphatic carbocycles. The third-order valence-corrected chi connectivity index (χ3v) is 3.30. The Morgan fingerprint density at radius 2 is 2.19 bits per heavy atom. The van der Waals surface area contributed by atoms with E-state index < -0.39 is 5.97 Å². The maximum Gasteiger partial charge on any atom is 0.336 e. The van der Waals surface area contributed by atoms with Gasteiger partial charge < -0.3 is 15.0 Å². The first kappa shape index (κ1) is 13.1. The molecular weight excluding hydrogens is 268 g/mol. The first-order valence-corrected chi connectivity index (χ1v) is 6.48. The Kier molecular flexibility index (Phi) is 3.27. The van der Waals surface area contributed by atoms with Crippen LogP contribution in [0.15, 0.2) is 42.7 Å². The average molecular weight is 282 g/mol. The van der Waals surface area contributed by atoms with Gasteiger partial charge in [0.25, 0.3) is 0 Å². The molecule has 1 aromatic carbocycles. The Balaban J connectivity index is 1.95. The van der Waals surface area contributed by atoms with Crippen molar-refractivity contribution in [1.82, 2.24) is 14.5 Å². The fourth-order valence-corrected chi connectivity index (χ4v) is 2.18. The van der Waals surface area contributed by atoms with Gasteiger partial charge in [0.1, 0.15) is 11.6 Å². The van der Waals surface area contributed by atoms with Crippen molar-refractivity contribution in [2.45, 2.75) is 6.54 Å². The van der Waals surface area contributed by atoms with E-state index >= 15 is 0 Å². The Hall–Kier alpha value is -2.89. The lowest BCUT2D eigenvalue weighted by atomic mass is 10.1. The number of benzene rings is 1. The number of hydrogen-bond acceptors (Lipinski definition) is 4. The molecule has 2 aromatic heterocycles. The van der Waals surface area contributed by atoms with Crippen molar-refractivity contribution < 1.29 is 9.90 Å². The SMILES string of the molecule is Cn1ccnc1CNc1cc(C(=O)O)c2ccccc2n1. The zero-order chi connectivity index (χ0) is 14.8. The monoisotopic (exact) mass is 282 g/mol. The van der Waals surface area contributed by atoms with Gasteiger partial charge in [0.2, 0.25) is 0 Å². The molecule has 0 spiro atoms. The number of pyridine rings is 1. The van der Waals surface area contributed by atoms with E-state index in [1.807, 2.05) is 23.9 Å². The van der Waals surface area contributed by atoms with Crippen molar-refractivity contribution in [2.24, 2.45) is 7.05 Å². The summed E-state index contributed by atoms with van der Waals surface area (Å²) >= 11 is 0. The summed E-state index contributed by atoms with van der Waals surface area (Å²) in [4.78, 5) is 20.0. The number of carboxylic acid groups (broad SMARTS) is 1. The fraction of sp³-hybridized carbons (Fsp3) is 0.133. The maximum atomic E-state index is 11.4. The van der Waals surface area contributed by atoms with Gasteiger partial charge in [-0.3, -0.25) is 0 Å². The number of carboxylic acids is 1. The predicted octanol–water partition coefficient (Wildman–Crippen LogP) is 2.28. The number of aryl methyl sites for hydroxylation is 1. The minimum atomic E-state index is -0.964. The van der Waals surface area contributed by atoms with Crippen LogP contribution in [0.1, 0.15) is 16.2 Å². The quantitative estimate of drug-likeness (QED) is 0.767. The van der Waals surface area contributed by atoms with Gasteiger partial charge >= 0.3 is 5.97 Å². The molecule has 0 unspecified atom stereocenters. The van der Waals surface area contributed by atoms with Gasteiger partial charge in [-0.2, -0.15) is 0 Å². The first-order valence-electron chi connectivity index (χ1n) is 6.48. The van der Waals surface area contributed by atoms with E-state index in [4.69, 9.17) is 0 Å². The van der Waals surface area contributed by atoms with E-state index in [0.29, 0.717) is 23.3 Å². The summed E-state index contributed by atoms with van der Waals surface area (Å²) in [5.41, 5.74) is 0.891. The molecule has 0 amide bonds. The van der Waals surface area contributed by atoms with Gasteiger partial charge in [-0.25, -0.2) is 14.8 Å². The van der Waals surface area contributed by atoms with Gasteiger partial charge in [-0.1, -0.05) is 18.2 Å². The molecule has 0 atom stereocenters. The number of aromatic carboxylic acids is 1. The standard InChI is InChI=1S/C15H14N4O2/c1-19-7-6-16-14(19)9-17-13-8-11(15(20)21)10-4-2-3-5-12(10)18-13/h2-8H,9H2,1H3,(H,17,18)(H,20,21). The summed E-state index contributed by atoms with van der Waals surface area (Å²) < 4.78 is 1.89. The van der Waals surface area contributed by atoms with Crippen LogP contribution in [0.25, 0.3) is 10.9 Å². The molecular formula is C15H14N4O2. The van der Waals surface area contributed by atoms with Crippen molar-refractivity contribution in [3.63, 3.8) is 0 Å². The molecule has 0 aliphatic heterocycles. The van der Waals surface area contributed by atoms with Crippen LogP contribution in [-0.4, -0.2) is 25.6 Å². The summed E-state index contributed by atoms with van der Waals surface area (Å²) in [6, 6.07) is 8.75. The molecule has 3 aromatic rings. The summed E-state index contributed by atoms with van der Waals surface area (Å²) in [7, 11) is 1.90. The fourth-order valence-electron chi connectivity index (χ4n) is 2.18. The molecule has 2 N–H and O–H groups in total. The summed E-state index contributed by atoms with van der Waals surface area (Å²) in [6.07, 6.45) is 3.57. The van der Waals surface area contributed by atoms with Gasteiger partial charge in [-0.15, -0.1) is 0 Å². The number of nitrogens with one attached hydrogen (secondary N) is 1. The van der Waals surface area contributed by atoms with Crippen LogP contribution in [0.3, 0.4) is 0 Å². The molecule has 0 saturated carbocycles. The number of imidazole rings is 1. The Morgan fingerprint density at radius 3 is 2.90 bits per heavy atom. The second-order valence-corrected chi connectivity index (χ2v) is 4.69. The normalized spacial score (nSPS) is 10.7. The molecule has 6 heteroatoms. The molecule has 0 aliphatic rings. The van der Waals surface area contributed by atoms with E-state index in [1.165, 1.54) is 0 Å². The molecule has 0 fully saturated rings. The number of rotatable bonds is 4. The molecule has 0 bridgehead atoms. The lowest BCUT2D eigenvalue weighted by molar-refractivity contribution is 0.0699. The second-order valence-electron chi connectivity index (χ2n) is 4.69. The minimum absolute atomic E-state index is 0.239. The van der Waals surface area contributed by atoms with Crippen molar-refractivity contribution in [3.8, 4) is 0 Å². The highest BCUT2D eigenvalue weighted by Gasteiger charge is 2.11. The van der Waals surface area contributed by atoms with Crippen molar-refractivity contribution in [1.29, 1.82) is 0 Å². The molecule has 106 valence electrons. The van der Waals surface area contributed by atoms with Crippen LogP contribution in [0, 0.1) is 0 Å². The van der Waals surface area contributed by atoms with E-state index in [9.17, 15) is 9.90 Å².